The number of thioether (sulfide) groups is 1. The Bertz CT molecular complexity index is 941. The fourth-order valence-corrected chi connectivity index (χ4v) is 4.37. The number of aliphatic imine (C=N–C) groups is 1. The molecule has 0 bridgehead atoms. The number of carbonyl (C=O) groups is 1. The Morgan fingerprint density at radius 3 is 2.57 bits per heavy atom. The van der Waals surface area contributed by atoms with E-state index in [1.165, 1.54) is 41.4 Å². The molecular formula is C23H25N3OS. The van der Waals surface area contributed by atoms with Crippen molar-refractivity contribution in [3.63, 3.8) is 0 Å². The van der Waals surface area contributed by atoms with E-state index in [-0.39, 0.29) is 5.91 Å². The van der Waals surface area contributed by atoms with Gasteiger partial charge >= 0.3 is 0 Å². The molecule has 1 amide bonds. The van der Waals surface area contributed by atoms with Gasteiger partial charge in [-0.25, -0.2) is 4.99 Å². The van der Waals surface area contributed by atoms with Crippen molar-refractivity contribution >= 4 is 40.3 Å². The van der Waals surface area contributed by atoms with E-state index in [1.807, 2.05) is 18.2 Å². The Morgan fingerprint density at radius 1 is 1.14 bits per heavy atom. The molecule has 2 heterocycles. The third-order valence-electron chi connectivity index (χ3n) is 5.24. The minimum atomic E-state index is -0.0862. The summed E-state index contributed by atoms with van der Waals surface area (Å²) in [5, 5.41) is 3.51. The van der Waals surface area contributed by atoms with Crippen molar-refractivity contribution in [1.29, 1.82) is 0 Å². The number of hydrogen-bond acceptors (Lipinski definition) is 4. The first kappa shape index (κ1) is 18.8. The summed E-state index contributed by atoms with van der Waals surface area (Å²) in [7, 11) is 0. The van der Waals surface area contributed by atoms with Crippen molar-refractivity contribution in [2.75, 3.05) is 18.0 Å². The van der Waals surface area contributed by atoms with Gasteiger partial charge in [-0.1, -0.05) is 25.1 Å². The molecule has 144 valence electrons. The highest BCUT2D eigenvalue weighted by atomic mass is 32.2. The number of nitrogens with one attached hydrogen (secondary N) is 1. The lowest BCUT2D eigenvalue weighted by molar-refractivity contribution is -0.115. The third-order valence-corrected chi connectivity index (χ3v) is 6.15. The summed E-state index contributed by atoms with van der Waals surface area (Å²) in [6, 6.07) is 14.6. The van der Waals surface area contributed by atoms with Crippen LogP contribution in [0.25, 0.3) is 6.08 Å². The SMILES string of the molecule is CCc1ccc(N=C2NC(=O)/C(=C/c3ccc(N4CCCC4)cc3C)S2)cc1. The van der Waals surface area contributed by atoms with E-state index in [0.717, 1.165) is 30.8 Å². The lowest BCUT2D eigenvalue weighted by atomic mass is 10.1. The Kier molecular flexibility index (Phi) is 5.53. The topological polar surface area (TPSA) is 44.7 Å². The van der Waals surface area contributed by atoms with E-state index in [9.17, 15) is 4.79 Å². The molecule has 0 aromatic heterocycles. The second-order valence-corrected chi connectivity index (χ2v) is 8.27. The Labute approximate surface area is 170 Å². The normalized spacial score (nSPS) is 19.6. The summed E-state index contributed by atoms with van der Waals surface area (Å²) < 4.78 is 0. The van der Waals surface area contributed by atoms with Gasteiger partial charge in [0.15, 0.2) is 5.17 Å². The van der Waals surface area contributed by atoms with E-state index in [4.69, 9.17) is 0 Å². The maximum atomic E-state index is 12.4. The van der Waals surface area contributed by atoms with Gasteiger partial charge in [-0.3, -0.25) is 4.79 Å². The van der Waals surface area contributed by atoms with Gasteiger partial charge < -0.3 is 10.2 Å². The predicted octanol–water partition coefficient (Wildman–Crippen LogP) is 5.05. The van der Waals surface area contributed by atoms with Crippen LogP contribution in [0.2, 0.25) is 0 Å². The summed E-state index contributed by atoms with van der Waals surface area (Å²) in [6.45, 7) is 6.51. The van der Waals surface area contributed by atoms with Crippen LogP contribution in [0.15, 0.2) is 52.4 Å². The zero-order valence-corrected chi connectivity index (χ0v) is 17.2. The molecule has 0 saturated carbocycles. The molecule has 2 aliphatic rings. The number of benzene rings is 2. The molecule has 28 heavy (non-hydrogen) atoms. The molecular weight excluding hydrogens is 366 g/mol. The molecule has 0 spiro atoms. The second-order valence-electron chi connectivity index (χ2n) is 7.24. The average Bonchev–Trinajstić information content (AvgIpc) is 3.34. The van der Waals surface area contributed by atoms with Gasteiger partial charge in [-0.15, -0.1) is 0 Å². The standard InChI is InChI=1S/C23H25N3OS/c1-3-17-6-9-19(10-7-17)24-23-25-22(27)21(28-23)15-18-8-11-20(14-16(18)2)26-12-4-5-13-26/h6-11,14-15H,3-5,12-13H2,1-2H3,(H,24,25,27)/b21-15-. The molecule has 5 heteroatoms. The molecule has 2 fully saturated rings. The quantitative estimate of drug-likeness (QED) is 0.742. The van der Waals surface area contributed by atoms with Crippen molar-refractivity contribution in [1.82, 2.24) is 5.32 Å². The lowest BCUT2D eigenvalue weighted by Crippen LogP contribution is -2.19. The van der Waals surface area contributed by atoms with Crippen molar-refractivity contribution in [3.05, 3.63) is 64.1 Å². The van der Waals surface area contributed by atoms with Gasteiger partial charge in [0.1, 0.15) is 0 Å². The van der Waals surface area contributed by atoms with E-state index < -0.39 is 0 Å². The zero-order chi connectivity index (χ0) is 19.5. The van der Waals surface area contributed by atoms with Crippen LogP contribution in [0.5, 0.6) is 0 Å². The Balaban J connectivity index is 1.51. The van der Waals surface area contributed by atoms with Gasteiger partial charge in [0.05, 0.1) is 10.6 Å². The van der Waals surface area contributed by atoms with Crippen LogP contribution < -0.4 is 10.2 Å². The summed E-state index contributed by atoms with van der Waals surface area (Å²) >= 11 is 1.40. The maximum Gasteiger partial charge on any atom is 0.264 e. The molecule has 4 rings (SSSR count). The first-order chi connectivity index (χ1) is 13.6. The number of aryl methyl sites for hydroxylation is 2. The first-order valence-corrected chi connectivity index (χ1v) is 10.7. The number of rotatable bonds is 4. The van der Waals surface area contributed by atoms with Gasteiger partial charge in [0.2, 0.25) is 0 Å². The predicted molar refractivity (Wildman–Crippen MR) is 119 cm³/mol. The minimum absolute atomic E-state index is 0.0862. The van der Waals surface area contributed by atoms with Crippen molar-refractivity contribution in [3.8, 4) is 0 Å². The lowest BCUT2D eigenvalue weighted by Gasteiger charge is -2.18. The molecule has 1 N–H and O–H groups in total. The zero-order valence-electron chi connectivity index (χ0n) is 16.4. The molecule has 0 aliphatic carbocycles. The molecule has 2 aliphatic heterocycles. The van der Waals surface area contributed by atoms with E-state index >= 15 is 0 Å². The van der Waals surface area contributed by atoms with Crippen LogP contribution in [0.4, 0.5) is 11.4 Å². The molecule has 0 radical (unpaired) electrons. The van der Waals surface area contributed by atoms with Crippen LogP contribution in [0.3, 0.4) is 0 Å². The molecule has 4 nitrogen and oxygen atoms in total. The average molecular weight is 392 g/mol. The number of anilines is 1. The number of carbonyl (C=O) groups excluding carboxylic acids is 1. The summed E-state index contributed by atoms with van der Waals surface area (Å²) in [5.41, 5.74) is 5.67. The highest BCUT2D eigenvalue weighted by Gasteiger charge is 2.24. The fourth-order valence-electron chi connectivity index (χ4n) is 3.54. The third kappa shape index (κ3) is 4.14. The van der Waals surface area contributed by atoms with Crippen molar-refractivity contribution < 1.29 is 4.79 Å². The van der Waals surface area contributed by atoms with Gasteiger partial charge in [-0.05, 0) is 85.0 Å². The second kappa shape index (κ2) is 8.23. The van der Waals surface area contributed by atoms with Crippen molar-refractivity contribution in [2.24, 2.45) is 4.99 Å². The monoisotopic (exact) mass is 391 g/mol. The van der Waals surface area contributed by atoms with Gasteiger partial charge in [0, 0.05) is 18.8 Å². The largest absolute Gasteiger partial charge is 0.372 e. The number of nitrogens with zero attached hydrogens (tertiary/aromatic N) is 2. The minimum Gasteiger partial charge on any atom is -0.372 e. The van der Waals surface area contributed by atoms with Crippen LogP contribution in [0.1, 0.15) is 36.5 Å². The van der Waals surface area contributed by atoms with Crippen LogP contribution in [-0.2, 0) is 11.2 Å². The number of amidine groups is 1. The fraction of sp³-hybridized carbons (Fsp3) is 0.304. The number of amides is 1. The van der Waals surface area contributed by atoms with Crippen LogP contribution in [-0.4, -0.2) is 24.2 Å². The smallest absolute Gasteiger partial charge is 0.264 e. The van der Waals surface area contributed by atoms with E-state index in [1.54, 1.807) is 0 Å². The Hall–Kier alpha value is -2.53. The van der Waals surface area contributed by atoms with E-state index in [0.29, 0.717) is 10.1 Å². The molecule has 0 atom stereocenters. The molecule has 2 aromatic carbocycles. The molecule has 0 unspecified atom stereocenters. The van der Waals surface area contributed by atoms with Gasteiger partial charge in [-0.2, -0.15) is 0 Å². The molecule has 2 saturated heterocycles. The van der Waals surface area contributed by atoms with Crippen LogP contribution >= 0.6 is 11.8 Å². The highest BCUT2D eigenvalue weighted by Crippen LogP contribution is 2.30. The summed E-state index contributed by atoms with van der Waals surface area (Å²) in [4.78, 5) is 20.1. The summed E-state index contributed by atoms with van der Waals surface area (Å²) in [6.07, 6.45) is 5.51. The number of hydrogen-bond donors (Lipinski definition) is 1. The Morgan fingerprint density at radius 2 is 1.89 bits per heavy atom. The van der Waals surface area contributed by atoms with E-state index in [2.05, 4.69) is 59.4 Å². The van der Waals surface area contributed by atoms with Crippen molar-refractivity contribution in [2.45, 2.75) is 33.1 Å². The summed E-state index contributed by atoms with van der Waals surface area (Å²) in [5.74, 6) is -0.0862. The molecule has 2 aromatic rings. The van der Waals surface area contributed by atoms with Crippen LogP contribution in [0, 0.1) is 6.92 Å². The van der Waals surface area contributed by atoms with Gasteiger partial charge in [0.25, 0.3) is 5.91 Å². The maximum absolute atomic E-state index is 12.4. The first-order valence-electron chi connectivity index (χ1n) is 9.86. The highest BCUT2D eigenvalue weighted by molar-refractivity contribution is 8.18.